The summed E-state index contributed by atoms with van der Waals surface area (Å²) in [4.78, 5) is 0. The van der Waals surface area contributed by atoms with Crippen LogP contribution >= 0.6 is 15.9 Å². The molecule has 0 saturated carbocycles. The zero-order valence-electron chi connectivity index (χ0n) is 7.05. The standard InChI is InChI=1S/C9H9BrFNO/c1-4-8(12)6-2-5(10)3-7(11)9(6)13-4/h2-4,8H,12H2,1H3. The molecule has 0 fully saturated rings. The molecule has 1 heterocycles. The zero-order chi connectivity index (χ0) is 9.59. The topological polar surface area (TPSA) is 35.2 Å². The Morgan fingerprint density at radius 3 is 2.92 bits per heavy atom. The first kappa shape index (κ1) is 8.97. The fourth-order valence-electron chi connectivity index (χ4n) is 1.46. The third-order valence-electron chi connectivity index (χ3n) is 2.21. The monoisotopic (exact) mass is 245 g/mol. The summed E-state index contributed by atoms with van der Waals surface area (Å²) >= 11 is 3.21. The second-order valence-electron chi connectivity index (χ2n) is 3.15. The molecule has 0 saturated heterocycles. The fourth-order valence-corrected chi connectivity index (χ4v) is 1.91. The highest BCUT2D eigenvalue weighted by molar-refractivity contribution is 9.10. The van der Waals surface area contributed by atoms with Gasteiger partial charge >= 0.3 is 0 Å². The van der Waals surface area contributed by atoms with Crippen LogP contribution in [0.1, 0.15) is 18.5 Å². The predicted octanol–water partition coefficient (Wildman–Crippen LogP) is 2.37. The molecule has 2 atom stereocenters. The molecule has 2 nitrogen and oxygen atoms in total. The van der Waals surface area contributed by atoms with Gasteiger partial charge < -0.3 is 10.5 Å². The normalized spacial score (nSPS) is 25.5. The lowest BCUT2D eigenvalue weighted by atomic mass is 10.1. The van der Waals surface area contributed by atoms with Crippen molar-refractivity contribution < 1.29 is 9.13 Å². The number of nitrogens with two attached hydrogens (primary N) is 1. The lowest BCUT2D eigenvalue weighted by molar-refractivity contribution is 0.220. The highest BCUT2D eigenvalue weighted by atomic mass is 79.9. The number of benzene rings is 1. The van der Waals surface area contributed by atoms with Crippen molar-refractivity contribution in [1.29, 1.82) is 0 Å². The van der Waals surface area contributed by atoms with E-state index in [4.69, 9.17) is 10.5 Å². The van der Waals surface area contributed by atoms with Crippen LogP contribution in [0, 0.1) is 5.82 Å². The highest BCUT2D eigenvalue weighted by Crippen LogP contribution is 2.38. The van der Waals surface area contributed by atoms with Gasteiger partial charge in [0.2, 0.25) is 0 Å². The Labute approximate surface area is 84.0 Å². The third-order valence-corrected chi connectivity index (χ3v) is 2.66. The first-order valence-corrected chi connectivity index (χ1v) is 4.80. The third kappa shape index (κ3) is 1.34. The molecule has 0 radical (unpaired) electrons. The van der Waals surface area contributed by atoms with E-state index in [1.54, 1.807) is 6.07 Å². The minimum absolute atomic E-state index is 0.154. The average molecular weight is 246 g/mol. The maximum atomic E-state index is 13.3. The van der Waals surface area contributed by atoms with E-state index in [1.807, 2.05) is 6.92 Å². The SMILES string of the molecule is CC1Oc2c(F)cc(Br)cc2C1N. The van der Waals surface area contributed by atoms with Crippen LogP contribution in [0.25, 0.3) is 0 Å². The Morgan fingerprint density at radius 2 is 2.23 bits per heavy atom. The van der Waals surface area contributed by atoms with E-state index in [9.17, 15) is 4.39 Å². The van der Waals surface area contributed by atoms with Gasteiger partial charge in [0.05, 0.1) is 6.04 Å². The van der Waals surface area contributed by atoms with E-state index in [0.29, 0.717) is 10.2 Å². The van der Waals surface area contributed by atoms with Crippen LogP contribution in [0.2, 0.25) is 0 Å². The van der Waals surface area contributed by atoms with E-state index < -0.39 is 0 Å². The van der Waals surface area contributed by atoms with Crippen molar-refractivity contribution in [2.45, 2.75) is 19.1 Å². The molecule has 0 aromatic heterocycles. The Balaban J connectivity index is 2.57. The summed E-state index contributed by atoms with van der Waals surface area (Å²) in [5.41, 5.74) is 6.55. The lowest BCUT2D eigenvalue weighted by Gasteiger charge is -2.07. The zero-order valence-corrected chi connectivity index (χ0v) is 8.64. The van der Waals surface area contributed by atoms with Gasteiger partial charge in [-0.15, -0.1) is 0 Å². The number of hydrogen-bond acceptors (Lipinski definition) is 2. The van der Waals surface area contributed by atoms with Gasteiger partial charge in [-0.2, -0.15) is 0 Å². The van der Waals surface area contributed by atoms with Crippen LogP contribution in [-0.4, -0.2) is 6.10 Å². The summed E-state index contributed by atoms with van der Waals surface area (Å²) in [6, 6.07) is 2.94. The Morgan fingerprint density at radius 1 is 1.54 bits per heavy atom. The lowest BCUT2D eigenvalue weighted by Crippen LogP contribution is -2.21. The van der Waals surface area contributed by atoms with Crippen molar-refractivity contribution in [2.75, 3.05) is 0 Å². The molecule has 2 N–H and O–H groups in total. The van der Waals surface area contributed by atoms with Gasteiger partial charge in [-0.3, -0.25) is 0 Å². The van der Waals surface area contributed by atoms with Gasteiger partial charge in [0.15, 0.2) is 11.6 Å². The molecular formula is C9H9BrFNO. The van der Waals surface area contributed by atoms with Gasteiger partial charge in [0, 0.05) is 10.0 Å². The maximum Gasteiger partial charge on any atom is 0.166 e. The molecule has 0 spiro atoms. The molecule has 2 unspecified atom stereocenters. The van der Waals surface area contributed by atoms with Crippen molar-refractivity contribution in [3.05, 3.63) is 28.0 Å². The van der Waals surface area contributed by atoms with Crippen molar-refractivity contribution in [3.8, 4) is 5.75 Å². The summed E-state index contributed by atoms with van der Waals surface area (Å²) in [6.07, 6.45) is -0.154. The Kier molecular flexibility index (Phi) is 2.04. The predicted molar refractivity (Wildman–Crippen MR) is 51.1 cm³/mol. The first-order valence-electron chi connectivity index (χ1n) is 4.01. The molecule has 70 valence electrons. The summed E-state index contributed by atoms with van der Waals surface area (Å²) in [5, 5.41) is 0. The fraction of sp³-hybridized carbons (Fsp3) is 0.333. The van der Waals surface area contributed by atoms with Crippen LogP contribution in [0.5, 0.6) is 5.75 Å². The van der Waals surface area contributed by atoms with Crippen molar-refractivity contribution in [3.63, 3.8) is 0 Å². The molecule has 2 rings (SSSR count). The quantitative estimate of drug-likeness (QED) is 0.762. The molecule has 0 amide bonds. The number of hydrogen-bond donors (Lipinski definition) is 1. The van der Waals surface area contributed by atoms with Crippen LogP contribution in [-0.2, 0) is 0 Å². The van der Waals surface area contributed by atoms with Crippen LogP contribution < -0.4 is 10.5 Å². The van der Waals surface area contributed by atoms with Crippen molar-refractivity contribution in [1.82, 2.24) is 0 Å². The summed E-state index contributed by atoms with van der Waals surface area (Å²) < 4.78 is 19.3. The van der Waals surface area contributed by atoms with Crippen LogP contribution in [0.15, 0.2) is 16.6 Å². The summed E-state index contributed by atoms with van der Waals surface area (Å²) in [5.74, 6) is -0.0626. The van der Waals surface area contributed by atoms with Crippen LogP contribution in [0.3, 0.4) is 0 Å². The van der Waals surface area contributed by atoms with Gasteiger partial charge in [-0.05, 0) is 19.1 Å². The molecule has 1 aromatic rings. The van der Waals surface area contributed by atoms with Gasteiger partial charge in [-0.25, -0.2) is 4.39 Å². The minimum Gasteiger partial charge on any atom is -0.485 e. The van der Waals surface area contributed by atoms with E-state index in [1.165, 1.54) is 6.07 Å². The Bertz CT molecular complexity index is 356. The van der Waals surface area contributed by atoms with Gasteiger partial charge in [-0.1, -0.05) is 15.9 Å². The summed E-state index contributed by atoms with van der Waals surface area (Å²) in [6.45, 7) is 1.83. The minimum atomic E-state index is -0.357. The molecule has 4 heteroatoms. The van der Waals surface area contributed by atoms with E-state index in [-0.39, 0.29) is 18.0 Å². The van der Waals surface area contributed by atoms with E-state index in [0.717, 1.165) is 5.56 Å². The molecule has 1 aromatic carbocycles. The second kappa shape index (κ2) is 2.96. The van der Waals surface area contributed by atoms with E-state index in [2.05, 4.69) is 15.9 Å². The van der Waals surface area contributed by atoms with Crippen molar-refractivity contribution >= 4 is 15.9 Å². The molecule has 13 heavy (non-hydrogen) atoms. The van der Waals surface area contributed by atoms with Crippen molar-refractivity contribution in [2.24, 2.45) is 5.73 Å². The number of rotatable bonds is 0. The van der Waals surface area contributed by atoms with Gasteiger partial charge in [0.1, 0.15) is 6.10 Å². The Hall–Kier alpha value is -0.610. The average Bonchev–Trinajstić information content (AvgIpc) is 2.32. The summed E-state index contributed by atoms with van der Waals surface area (Å²) in [7, 11) is 0. The number of halogens is 2. The number of fused-ring (bicyclic) bond motifs is 1. The molecule has 0 bridgehead atoms. The first-order chi connectivity index (χ1) is 6.09. The maximum absolute atomic E-state index is 13.3. The number of ether oxygens (including phenoxy) is 1. The van der Waals surface area contributed by atoms with Crippen LogP contribution in [0.4, 0.5) is 4.39 Å². The van der Waals surface area contributed by atoms with Gasteiger partial charge in [0.25, 0.3) is 0 Å². The molecule has 0 aliphatic carbocycles. The smallest absolute Gasteiger partial charge is 0.166 e. The highest BCUT2D eigenvalue weighted by Gasteiger charge is 2.30. The van der Waals surface area contributed by atoms with E-state index >= 15 is 0 Å². The largest absolute Gasteiger partial charge is 0.485 e. The molecular weight excluding hydrogens is 237 g/mol. The molecule has 1 aliphatic rings. The second-order valence-corrected chi connectivity index (χ2v) is 4.07. The molecule has 1 aliphatic heterocycles.